The fourth-order valence-corrected chi connectivity index (χ4v) is 4.35. The van der Waals surface area contributed by atoms with E-state index >= 15 is 0 Å². The number of piperazine rings is 1. The highest BCUT2D eigenvalue weighted by Gasteiger charge is 2.27. The Morgan fingerprint density at radius 1 is 1.10 bits per heavy atom. The van der Waals surface area contributed by atoms with Crippen molar-refractivity contribution in [3.63, 3.8) is 0 Å². The summed E-state index contributed by atoms with van der Waals surface area (Å²) in [7, 11) is 0. The van der Waals surface area contributed by atoms with Gasteiger partial charge < -0.3 is 4.90 Å². The van der Waals surface area contributed by atoms with Crippen molar-refractivity contribution >= 4 is 17.7 Å². The number of benzene rings is 2. The van der Waals surface area contributed by atoms with Crippen LogP contribution in [0, 0.1) is 5.82 Å². The van der Waals surface area contributed by atoms with Crippen molar-refractivity contribution in [2.45, 2.75) is 23.9 Å². The number of halogens is 1. The van der Waals surface area contributed by atoms with E-state index in [2.05, 4.69) is 32.6 Å². The third kappa shape index (κ3) is 4.85. The molecule has 1 aliphatic heterocycles. The van der Waals surface area contributed by atoms with Crippen LogP contribution >= 0.6 is 11.8 Å². The standard InChI is InChI=1S/C21H23FN6OS/c1-16(30-21-23-24-25-28(21)19-9-5-8-18(22)14-19)20(29)27-12-10-26(11-13-27)15-17-6-3-2-4-7-17/h2-9,14,16H,10-13,15H2,1H3. The van der Waals surface area contributed by atoms with Crippen LogP contribution in [-0.4, -0.2) is 67.3 Å². The zero-order chi connectivity index (χ0) is 20.9. The lowest BCUT2D eigenvalue weighted by atomic mass is 10.2. The molecule has 0 spiro atoms. The van der Waals surface area contributed by atoms with Crippen molar-refractivity contribution in [2.24, 2.45) is 0 Å². The predicted molar refractivity (Wildman–Crippen MR) is 113 cm³/mol. The van der Waals surface area contributed by atoms with E-state index in [9.17, 15) is 9.18 Å². The van der Waals surface area contributed by atoms with Crippen molar-refractivity contribution in [3.05, 3.63) is 66.0 Å². The second-order valence-corrected chi connectivity index (χ2v) is 8.51. The van der Waals surface area contributed by atoms with E-state index in [0.717, 1.165) is 19.6 Å². The van der Waals surface area contributed by atoms with Crippen LogP contribution in [0.3, 0.4) is 0 Å². The van der Waals surface area contributed by atoms with Crippen molar-refractivity contribution < 1.29 is 9.18 Å². The summed E-state index contributed by atoms with van der Waals surface area (Å²) in [5.41, 5.74) is 1.81. The van der Waals surface area contributed by atoms with Crippen molar-refractivity contribution in [3.8, 4) is 5.69 Å². The summed E-state index contributed by atoms with van der Waals surface area (Å²) in [5, 5.41) is 11.8. The Morgan fingerprint density at radius 3 is 2.60 bits per heavy atom. The third-order valence-electron chi connectivity index (χ3n) is 5.06. The highest BCUT2D eigenvalue weighted by atomic mass is 32.2. The molecule has 2 aromatic carbocycles. The minimum absolute atomic E-state index is 0.0631. The topological polar surface area (TPSA) is 67.2 Å². The lowest BCUT2D eigenvalue weighted by molar-refractivity contribution is -0.132. The molecule has 156 valence electrons. The van der Waals surface area contributed by atoms with Crippen molar-refractivity contribution in [1.82, 2.24) is 30.0 Å². The third-order valence-corrected chi connectivity index (χ3v) is 6.08. The molecule has 0 saturated carbocycles. The first kappa shape index (κ1) is 20.5. The van der Waals surface area contributed by atoms with Crippen LogP contribution in [-0.2, 0) is 11.3 Å². The number of aromatic nitrogens is 4. The Morgan fingerprint density at radius 2 is 1.87 bits per heavy atom. The molecule has 0 radical (unpaired) electrons. The van der Waals surface area contributed by atoms with Crippen LogP contribution < -0.4 is 0 Å². The van der Waals surface area contributed by atoms with Gasteiger partial charge in [-0.3, -0.25) is 9.69 Å². The Kier molecular flexibility index (Phi) is 6.39. The smallest absolute Gasteiger partial charge is 0.235 e. The number of thioether (sulfide) groups is 1. The molecule has 2 heterocycles. The second-order valence-electron chi connectivity index (χ2n) is 7.20. The van der Waals surface area contributed by atoms with Gasteiger partial charge in [0.05, 0.1) is 10.9 Å². The van der Waals surface area contributed by atoms with E-state index < -0.39 is 0 Å². The average molecular weight is 427 g/mol. The van der Waals surface area contributed by atoms with Crippen LogP contribution in [0.15, 0.2) is 59.8 Å². The number of rotatable bonds is 6. The van der Waals surface area contributed by atoms with Gasteiger partial charge in [-0.25, -0.2) is 4.39 Å². The molecule has 1 amide bonds. The maximum absolute atomic E-state index is 13.5. The molecule has 7 nitrogen and oxygen atoms in total. The van der Waals surface area contributed by atoms with Gasteiger partial charge in [-0.15, -0.1) is 5.10 Å². The van der Waals surface area contributed by atoms with Gasteiger partial charge in [0.2, 0.25) is 11.1 Å². The number of hydrogen-bond acceptors (Lipinski definition) is 6. The molecule has 1 fully saturated rings. The maximum atomic E-state index is 13.5. The lowest BCUT2D eigenvalue weighted by Crippen LogP contribution is -2.50. The van der Waals surface area contributed by atoms with E-state index in [1.54, 1.807) is 12.1 Å². The van der Waals surface area contributed by atoms with Gasteiger partial charge in [0.25, 0.3) is 0 Å². The molecular weight excluding hydrogens is 403 g/mol. The molecule has 3 aromatic rings. The largest absolute Gasteiger partial charge is 0.339 e. The van der Waals surface area contributed by atoms with Gasteiger partial charge >= 0.3 is 0 Å². The van der Waals surface area contributed by atoms with Gasteiger partial charge in [-0.2, -0.15) is 4.68 Å². The summed E-state index contributed by atoms with van der Waals surface area (Å²) in [6, 6.07) is 16.4. The van der Waals surface area contributed by atoms with E-state index in [1.165, 1.54) is 34.1 Å². The molecule has 9 heteroatoms. The van der Waals surface area contributed by atoms with Crippen molar-refractivity contribution in [2.75, 3.05) is 26.2 Å². The summed E-state index contributed by atoms with van der Waals surface area (Å²) < 4.78 is 15.0. The Balaban J connectivity index is 1.34. The molecule has 4 rings (SSSR count). The highest BCUT2D eigenvalue weighted by molar-refractivity contribution is 8.00. The normalized spacial score (nSPS) is 15.9. The highest BCUT2D eigenvalue weighted by Crippen LogP contribution is 2.25. The van der Waals surface area contributed by atoms with Gasteiger partial charge in [0.15, 0.2) is 0 Å². The molecule has 0 aliphatic carbocycles. The number of hydrogen-bond donors (Lipinski definition) is 0. The second kappa shape index (κ2) is 9.36. The summed E-state index contributed by atoms with van der Waals surface area (Å²) >= 11 is 1.28. The first-order chi connectivity index (χ1) is 14.6. The van der Waals surface area contributed by atoms with Crippen LogP contribution in [0.25, 0.3) is 5.69 Å². The van der Waals surface area contributed by atoms with E-state index in [1.807, 2.05) is 30.0 Å². The summed E-state index contributed by atoms with van der Waals surface area (Å²) in [6.45, 7) is 5.85. The van der Waals surface area contributed by atoms with Crippen LogP contribution in [0.4, 0.5) is 4.39 Å². The number of tetrazole rings is 1. The zero-order valence-electron chi connectivity index (χ0n) is 16.7. The average Bonchev–Trinajstić information content (AvgIpc) is 3.22. The van der Waals surface area contributed by atoms with E-state index in [4.69, 9.17) is 0 Å². The Bertz CT molecular complexity index is 990. The number of carbonyl (C=O) groups excluding carboxylic acids is 1. The van der Waals surface area contributed by atoms with Crippen LogP contribution in [0.2, 0.25) is 0 Å². The number of nitrogens with zero attached hydrogens (tertiary/aromatic N) is 6. The molecule has 1 aliphatic rings. The minimum atomic E-state index is -0.364. The predicted octanol–water partition coefficient (Wildman–Crippen LogP) is 2.63. The van der Waals surface area contributed by atoms with Gasteiger partial charge in [-0.05, 0) is 41.1 Å². The molecule has 1 unspecified atom stereocenters. The summed E-state index contributed by atoms with van der Waals surface area (Å²) in [5.74, 6) is -0.301. The SMILES string of the molecule is CC(Sc1nnnn1-c1cccc(F)c1)C(=O)N1CCN(Cc2ccccc2)CC1. The van der Waals surface area contributed by atoms with Gasteiger partial charge in [0.1, 0.15) is 5.82 Å². The minimum Gasteiger partial charge on any atom is -0.339 e. The Labute approximate surface area is 178 Å². The first-order valence-electron chi connectivity index (χ1n) is 9.86. The quantitative estimate of drug-likeness (QED) is 0.565. The lowest BCUT2D eigenvalue weighted by Gasteiger charge is -2.35. The summed E-state index contributed by atoms with van der Waals surface area (Å²) in [6.07, 6.45) is 0. The fraction of sp³-hybridized carbons (Fsp3) is 0.333. The summed E-state index contributed by atoms with van der Waals surface area (Å²) in [4.78, 5) is 17.2. The molecule has 0 N–H and O–H groups in total. The molecular formula is C21H23FN6OS. The van der Waals surface area contributed by atoms with E-state index in [0.29, 0.717) is 23.9 Å². The molecule has 0 bridgehead atoms. The molecule has 1 aromatic heterocycles. The van der Waals surface area contributed by atoms with Crippen LogP contribution in [0.1, 0.15) is 12.5 Å². The monoisotopic (exact) mass is 426 g/mol. The fourth-order valence-electron chi connectivity index (χ4n) is 3.46. The maximum Gasteiger partial charge on any atom is 0.235 e. The zero-order valence-corrected chi connectivity index (χ0v) is 17.5. The van der Waals surface area contributed by atoms with Gasteiger partial charge in [-0.1, -0.05) is 48.2 Å². The molecule has 30 heavy (non-hydrogen) atoms. The molecule has 1 saturated heterocycles. The van der Waals surface area contributed by atoms with Crippen LogP contribution in [0.5, 0.6) is 0 Å². The van der Waals surface area contributed by atoms with Gasteiger partial charge in [0, 0.05) is 32.7 Å². The van der Waals surface area contributed by atoms with E-state index in [-0.39, 0.29) is 17.0 Å². The molecule has 1 atom stereocenters. The number of amides is 1. The Hall–Kier alpha value is -2.78. The first-order valence-corrected chi connectivity index (χ1v) is 10.7. The van der Waals surface area contributed by atoms with Crippen molar-refractivity contribution in [1.29, 1.82) is 0 Å². The number of carbonyl (C=O) groups is 1.